The Morgan fingerprint density at radius 1 is 0.971 bits per heavy atom. The topological polar surface area (TPSA) is 229 Å². The molecule has 2 amide bonds. The molecule has 0 aliphatic carbocycles. The van der Waals surface area contributed by atoms with Crippen LogP contribution in [0.25, 0.3) is 0 Å². The van der Waals surface area contributed by atoms with Gasteiger partial charge < -0.3 is 30.8 Å². The smallest absolute Gasteiger partial charge is 0.403 e. The van der Waals surface area contributed by atoms with Crippen LogP contribution in [0.2, 0.25) is 0 Å². The maximum Gasteiger partial charge on any atom is 0.403 e. The van der Waals surface area contributed by atoms with E-state index >= 15 is 0 Å². The second kappa shape index (κ2) is 14.1. The Morgan fingerprint density at radius 2 is 1.57 bits per heavy atom. The zero-order valence-corrected chi connectivity index (χ0v) is 19.1. The van der Waals surface area contributed by atoms with Gasteiger partial charge in [-0.2, -0.15) is 0 Å². The van der Waals surface area contributed by atoms with E-state index in [0.29, 0.717) is 0 Å². The predicted octanol–water partition coefficient (Wildman–Crippen LogP) is -0.0703. The second-order valence-corrected chi connectivity index (χ2v) is 8.65. The number of hydrogen-bond donors (Lipinski definition) is 7. The van der Waals surface area contributed by atoms with Crippen molar-refractivity contribution in [3.63, 3.8) is 0 Å². The lowest BCUT2D eigenvalue weighted by molar-refractivity contribution is -0.143. The van der Waals surface area contributed by atoms with E-state index in [2.05, 4.69) is 15.2 Å². The van der Waals surface area contributed by atoms with Crippen molar-refractivity contribution in [1.82, 2.24) is 15.7 Å². The van der Waals surface area contributed by atoms with Gasteiger partial charge in [0.1, 0.15) is 11.9 Å². The summed E-state index contributed by atoms with van der Waals surface area (Å²) in [4.78, 5) is 66.6. The molecular weight excluding hydrogens is 496 g/mol. The fourth-order valence-corrected chi connectivity index (χ4v) is 3.58. The van der Waals surface area contributed by atoms with Crippen molar-refractivity contribution in [3.05, 3.63) is 35.6 Å². The van der Waals surface area contributed by atoms with Crippen LogP contribution in [0.5, 0.6) is 0 Å². The minimum atomic E-state index is -4.88. The minimum Gasteiger partial charge on any atom is -0.481 e. The minimum absolute atomic E-state index is 0.0422. The standard InChI is InChI=1S/C19H25FN3O11P/c20-12-5-3-11(4-6-12)17(27)21-9-1-2-15(24)22-14(19(30)31)10-34-35(32,33)23-13(18(28)29)7-8-16(25)26/h3-6,13-14H,1-2,7-10H2,(H,21,27)(H,22,24)(H,25,26)(H,28,29)(H,30,31)(H2,23,32,33)/t13-,14-/m0/s1. The molecule has 0 aliphatic rings. The van der Waals surface area contributed by atoms with Crippen molar-refractivity contribution in [2.75, 3.05) is 13.2 Å². The van der Waals surface area contributed by atoms with Crippen molar-refractivity contribution < 1.29 is 57.7 Å². The van der Waals surface area contributed by atoms with Gasteiger partial charge in [-0.3, -0.25) is 23.7 Å². The lowest BCUT2D eigenvalue weighted by atomic mass is 10.2. The van der Waals surface area contributed by atoms with E-state index in [1.165, 1.54) is 12.1 Å². The Kier molecular flexibility index (Phi) is 12.0. The number of halogens is 1. The summed E-state index contributed by atoms with van der Waals surface area (Å²) in [7, 11) is -4.88. The van der Waals surface area contributed by atoms with E-state index in [9.17, 15) is 42.9 Å². The van der Waals surface area contributed by atoms with Gasteiger partial charge in [0, 0.05) is 24.9 Å². The summed E-state index contributed by atoms with van der Waals surface area (Å²) in [6, 6.07) is 1.23. The fraction of sp³-hybridized carbons (Fsp3) is 0.421. The first-order chi connectivity index (χ1) is 16.3. The van der Waals surface area contributed by atoms with Gasteiger partial charge in [0.05, 0.1) is 6.61 Å². The van der Waals surface area contributed by atoms with Gasteiger partial charge in [-0.05, 0) is 37.1 Å². The van der Waals surface area contributed by atoms with Crippen molar-refractivity contribution in [2.45, 2.75) is 37.8 Å². The van der Waals surface area contributed by atoms with Gasteiger partial charge >= 0.3 is 25.7 Å². The molecule has 0 aliphatic heterocycles. The summed E-state index contributed by atoms with van der Waals surface area (Å²) >= 11 is 0. The third-order valence-electron chi connectivity index (χ3n) is 4.29. The highest BCUT2D eigenvalue weighted by Gasteiger charge is 2.31. The molecule has 0 saturated heterocycles. The molecule has 0 bridgehead atoms. The quantitative estimate of drug-likeness (QED) is 0.112. The first kappa shape index (κ1) is 29.6. The molecule has 14 nitrogen and oxygen atoms in total. The molecule has 35 heavy (non-hydrogen) atoms. The van der Waals surface area contributed by atoms with Crippen LogP contribution in [0, 0.1) is 5.82 Å². The summed E-state index contributed by atoms with van der Waals surface area (Å²) in [6.07, 6.45) is -1.29. The highest BCUT2D eigenvalue weighted by molar-refractivity contribution is 7.50. The highest BCUT2D eigenvalue weighted by Crippen LogP contribution is 2.38. The van der Waals surface area contributed by atoms with Crippen molar-refractivity contribution in [1.29, 1.82) is 0 Å². The number of benzene rings is 1. The Balaban J connectivity index is 2.49. The van der Waals surface area contributed by atoms with Crippen LogP contribution in [0.4, 0.5) is 4.39 Å². The number of hydrogen-bond acceptors (Lipinski definition) is 7. The third-order valence-corrected chi connectivity index (χ3v) is 5.42. The highest BCUT2D eigenvalue weighted by atomic mass is 31.2. The van der Waals surface area contributed by atoms with Crippen LogP contribution in [-0.4, -0.2) is 75.2 Å². The lowest BCUT2D eigenvalue weighted by Gasteiger charge is -2.20. The molecule has 3 atom stereocenters. The number of carboxylic acids is 3. The SMILES string of the molecule is O=C(O)CC[C@H](NP(=O)(O)OC[C@H](NC(=O)CCCNC(=O)c1ccc(F)cc1)C(=O)O)C(=O)O. The Morgan fingerprint density at radius 3 is 2.11 bits per heavy atom. The fourth-order valence-electron chi connectivity index (χ4n) is 2.52. The summed E-state index contributed by atoms with van der Waals surface area (Å²) in [5, 5.41) is 33.1. The van der Waals surface area contributed by atoms with Gasteiger partial charge in [-0.15, -0.1) is 0 Å². The molecule has 1 aromatic rings. The second-order valence-electron chi connectivity index (χ2n) is 7.09. The molecule has 0 radical (unpaired) electrons. The van der Waals surface area contributed by atoms with E-state index in [1.807, 2.05) is 0 Å². The molecule has 0 fully saturated rings. The predicted molar refractivity (Wildman–Crippen MR) is 115 cm³/mol. The van der Waals surface area contributed by atoms with Crippen LogP contribution in [-0.2, 0) is 28.3 Å². The Hall–Kier alpha value is -3.39. The maximum atomic E-state index is 12.9. The molecule has 0 spiro atoms. The van der Waals surface area contributed by atoms with Crippen LogP contribution in [0.15, 0.2) is 24.3 Å². The van der Waals surface area contributed by atoms with Gasteiger partial charge in [0.25, 0.3) is 5.91 Å². The van der Waals surface area contributed by atoms with E-state index in [0.717, 1.165) is 12.1 Å². The van der Waals surface area contributed by atoms with Crippen LogP contribution in [0.1, 0.15) is 36.0 Å². The number of amides is 2. The summed E-state index contributed by atoms with van der Waals surface area (Å²) in [6.45, 7) is -0.963. The third kappa shape index (κ3) is 12.0. The molecule has 1 aromatic carbocycles. The molecule has 1 rings (SSSR count). The van der Waals surface area contributed by atoms with Gasteiger partial charge in [-0.25, -0.2) is 18.8 Å². The first-order valence-electron chi connectivity index (χ1n) is 10.1. The first-order valence-corrected chi connectivity index (χ1v) is 11.6. The number of aliphatic carboxylic acids is 3. The van der Waals surface area contributed by atoms with Crippen molar-refractivity contribution in [2.24, 2.45) is 0 Å². The van der Waals surface area contributed by atoms with E-state index in [1.54, 1.807) is 5.09 Å². The number of carboxylic acid groups (broad SMARTS) is 3. The Bertz CT molecular complexity index is 973. The average Bonchev–Trinajstić information content (AvgIpc) is 2.76. The number of carbonyl (C=O) groups excluding carboxylic acids is 2. The maximum absolute atomic E-state index is 12.9. The van der Waals surface area contributed by atoms with E-state index in [-0.39, 0.29) is 24.9 Å². The van der Waals surface area contributed by atoms with Gasteiger partial charge in [0.2, 0.25) is 5.91 Å². The number of carbonyl (C=O) groups is 5. The molecular formula is C19H25FN3O11P. The lowest BCUT2D eigenvalue weighted by Crippen LogP contribution is -2.44. The zero-order valence-electron chi connectivity index (χ0n) is 18.2. The normalized spacial score (nSPS) is 14.2. The molecule has 0 heterocycles. The average molecular weight is 521 g/mol. The Labute approximate surface area is 198 Å². The van der Waals surface area contributed by atoms with Crippen LogP contribution >= 0.6 is 7.75 Å². The van der Waals surface area contributed by atoms with Crippen molar-refractivity contribution >= 4 is 37.5 Å². The molecule has 1 unspecified atom stereocenters. The molecule has 194 valence electrons. The summed E-state index contributed by atoms with van der Waals surface area (Å²) in [5.41, 5.74) is 0.203. The van der Waals surface area contributed by atoms with Crippen molar-refractivity contribution in [3.8, 4) is 0 Å². The van der Waals surface area contributed by atoms with E-state index < -0.39 is 74.8 Å². The molecule has 7 N–H and O–H groups in total. The molecule has 0 aromatic heterocycles. The zero-order chi connectivity index (χ0) is 26.6. The van der Waals surface area contributed by atoms with E-state index in [4.69, 9.17) is 10.2 Å². The van der Waals surface area contributed by atoms with Gasteiger partial charge in [-0.1, -0.05) is 0 Å². The summed E-state index contributed by atoms with van der Waals surface area (Å²) < 4.78 is 29.5. The number of nitrogens with one attached hydrogen (secondary N) is 3. The summed E-state index contributed by atoms with van der Waals surface area (Å²) in [5.74, 6) is -6.36. The largest absolute Gasteiger partial charge is 0.481 e. The molecule has 0 saturated carbocycles. The molecule has 16 heteroatoms. The van der Waals surface area contributed by atoms with Crippen LogP contribution in [0.3, 0.4) is 0 Å². The van der Waals surface area contributed by atoms with Crippen LogP contribution < -0.4 is 15.7 Å². The number of rotatable bonds is 16. The van der Waals surface area contributed by atoms with Gasteiger partial charge in [0.15, 0.2) is 6.04 Å². The monoisotopic (exact) mass is 521 g/mol.